The van der Waals surface area contributed by atoms with Crippen molar-refractivity contribution in [1.29, 1.82) is 0 Å². The van der Waals surface area contributed by atoms with Gasteiger partial charge in [0.15, 0.2) is 0 Å². The quantitative estimate of drug-likeness (QED) is 0.840. The molecule has 0 radical (unpaired) electrons. The summed E-state index contributed by atoms with van der Waals surface area (Å²) in [6, 6.07) is 8.57. The van der Waals surface area contributed by atoms with Crippen LogP contribution >= 0.6 is 0 Å². The molecule has 0 aromatic heterocycles. The molecule has 1 fully saturated rings. The SMILES string of the molecule is CC[C@@H](C)c1ccc(O[C@H]2CCNC2)cc1. The summed E-state index contributed by atoms with van der Waals surface area (Å²) in [5, 5.41) is 3.31. The molecular formula is C14H21NO. The third-order valence-electron chi connectivity index (χ3n) is 3.38. The average molecular weight is 219 g/mol. The molecule has 1 saturated heterocycles. The summed E-state index contributed by atoms with van der Waals surface area (Å²) < 4.78 is 5.88. The molecule has 1 aliphatic heterocycles. The Hall–Kier alpha value is -1.02. The highest BCUT2D eigenvalue weighted by atomic mass is 16.5. The van der Waals surface area contributed by atoms with Crippen LogP contribution in [0.5, 0.6) is 5.75 Å². The molecule has 0 bridgehead atoms. The Morgan fingerprint density at radius 2 is 2.12 bits per heavy atom. The molecular weight excluding hydrogens is 198 g/mol. The summed E-state index contributed by atoms with van der Waals surface area (Å²) in [5.41, 5.74) is 1.40. The Balaban J connectivity index is 1.96. The normalized spacial score (nSPS) is 22.0. The molecule has 0 unspecified atom stereocenters. The summed E-state index contributed by atoms with van der Waals surface area (Å²) in [5.74, 6) is 1.64. The van der Waals surface area contributed by atoms with E-state index in [9.17, 15) is 0 Å². The second-order valence-corrected chi connectivity index (χ2v) is 4.61. The van der Waals surface area contributed by atoms with Crippen LogP contribution in [0.25, 0.3) is 0 Å². The van der Waals surface area contributed by atoms with Crippen LogP contribution in [0.4, 0.5) is 0 Å². The molecule has 2 heteroatoms. The summed E-state index contributed by atoms with van der Waals surface area (Å²) >= 11 is 0. The van der Waals surface area contributed by atoms with Crippen LogP contribution in [0, 0.1) is 0 Å². The molecule has 0 spiro atoms. The molecule has 2 nitrogen and oxygen atoms in total. The number of nitrogens with one attached hydrogen (secondary N) is 1. The van der Waals surface area contributed by atoms with Gasteiger partial charge in [0.1, 0.15) is 11.9 Å². The van der Waals surface area contributed by atoms with Crippen molar-refractivity contribution < 1.29 is 4.74 Å². The average Bonchev–Trinajstić information content (AvgIpc) is 2.82. The van der Waals surface area contributed by atoms with Crippen molar-refractivity contribution in [3.8, 4) is 5.75 Å². The maximum atomic E-state index is 5.88. The van der Waals surface area contributed by atoms with E-state index in [0.717, 1.165) is 25.3 Å². The minimum Gasteiger partial charge on any atom is -0.489 e. The number of hydrogen-bond acceptors (Lipinski definition) is 2. The van der Waals surface area contributed by atoms with E-state index >= 15 is 0 Å². The van der Waals surface area contributed by atoms with Gasteiger partial charge >= 0.3 is 0 Å². The lowest BCUT2D eigenvalue weighted by atomic mass is 9.99. The van der Waals surface area contributed by atoms with Gasteiger partial charge in [0, 0.05) is 6.54 Å². The minimum absolute atomic E-state index is 0.356. The molecule has 1 aliphatic rings. The van der Waals surface area contributed by atoms with Crippen LogP contribution in [0.15, 0.2) is 24.3 Å². The van der Waals surface area contributed by atoms with Crippen molar-refractivity contribution in [1.82, 2.24) is 5.32 Å². The lowest BCUT2D eigenvalue weighted by molar-refractivity contribution is 0.223. The molecule has 1 N–H and O–H groups in total. The van der Waals surface area contributed by atoms with Gasteiger partial charge in [0.2, 0.25) is 0 Å². The predicted molar refractivity (Wildman–Crippen MR) is 67.1 cm³/mol. The van der Waals surface area contributed by atoms with E-state index in [1.807, 2.05) is 0 Å². The van der Waals surface area contributed by atoms with Crippen LogP contribution < -0.4 is 10.1 Å². The Kier molecular flexibility index (Phi) is 3.83. The highest BCUT2D eigenvalue weighted by Gasteiger charge is 2.15. The van der Waals surface area contributed by atoms with Gasteiger partial charge in [-0.1, -0.05) is 26.0 Å². The number of ether oxygens (including phenoxy) is 1. The van der Waals surface area contributed by atoms with Gasteiger partial charge in [-0.3, -0.25) is 0 Å². The monoisotopic (exact) mass is 219 g/mol. The highest BCUT2D eigenvalue weighted by molar-refractivity contribution is 5.29. The molecule has 2 rings (SSSR count). The Morgan fingerprint density at radius 1 is 1.38 bits per heavy atom. The third kappa shape index (κ3) is 2.76. The fourth-order valence-electron chi connectivity index (χ4n) is 2.03. The van der Waals surface area contributed by atoms with Crippen molar-refractivity contribution in [2.45, 2.75) is 38.7 Å². The van der Waals surface area contributed by atoms with E-state index in [1.54, 1.807) is 0 Å². The number of benzene rings is 1. The standard InChI is InChI=1S/C14H21NO/c1-3-11(2)12-4-6-13(7-5-12)16-14-8-9-15-10-14/h4-7,11,14-15H,3,8-10H2,1-2H3/t11-,14+/m1/s1. The zero-order valence-corrected chi connectivity index (χ0v) is 10.2. The topological polar surface area (TPSA) is 21.3 Å². The first kappa shape index (κ1) is 11.5. The van der Waals surface area contributed by atoms with Gasteiger partial charge < -0.3 is 10.1 Å². The summed E-state index contributed by atoms with van der Waals surface area (Å²) in [6.07, 6.45) is 2.66. The van der Waals surface area contributed by atoms with Gasteiger partial charge in [0.25, 0.3) is 0 Å². The van der Waals surface area contributed by atoms with E-state index in [2.05, 4.69) is 43.4 Å². The van der Waals surface area contributed by atoms with E-state index in [1.165, 1.54) is 12.0 Å². The zero-order valence-electron chi connectivity index (χ0n) is 10.2. The van der Waals surface area contributed by atoms with E-state index in [-0.39, 0.29) is 0 Å². The first-order chi connectivity index (χ1) is 7.79. The lowest BCUT2D eigenvalue weighted by Gasteiger charge is -2.14. The molecule has 88 valence electrons. The Morgan fingerprint density at radius 3 is 2.69 bits per heavy atom. The van der Waals surface area contributed by atoms with Crippen LogP contribution in [-0.2, 0) is 0 Å². The van der Waals surface area contributed by atoms with Gasteiger partial charge in [0.05, 0.1) is 0 Å². The summed E-state index contributed by atoms with van der Waals surface area (Å²) in [7, 11) is 0. The van der Waals surface area contributed by atoms with Gasteiger partial charge in [-0.2, -0.15) is 0 Å². The maximum Gasteiger partial charge on any atom is 0.119 e. The van der Waals surface area contributed by atoms with Crippen LogP contribution in [0.2, 0.25) is 0 Å². The maximum absolute atomic E-state index is 5.88. The predicted octanol–water partition coefficient (Wildman–Crippen LogP) is 2.94. The Bertz CT molecular complexity index is 314. The zero-order chi connectivity index (χ0) is 11.4. The molecule has 0 aliphatic carbocycles. The first-order valence-electron chi connectivity index (χ1n) is 6.27. The van der Waals surface area contributed by atoms with E-state index < -0.39 is 0 Å². The van der Waals surface area contributed by atoms with Crippen LogP contribution in [-0.4, -0.2) is 19.2 Å². The van der Waals surface area contributed by atoms with Crippen molar-refractivity contribution in [3.05, 3.63) is 29.8 Å². The molecule has 1 heterocycles. The van der Waals surface area contributed by atoms with Crippen LogP contribution in [0.1, 0.15) is 38.2 Å². The largest absolute Gasteiger partial charge is 0.489 e. The molecule has 2 atom stereocenters. The first-order valence-corrected chi connectivity index (χ1v) is 6.27. The van der Waals surface area contributed by atoms with E-state index in [0.29, 0.717) is 12.0 Å². The van der Waals surface area contributed by atoms with E-state index in [4.69, 9.17) is 4.74 Å². The van der Waals surface area contributed by atoms with Crippen LogP contribution in [0.3, 0.4) is 0 Å². The third-order valence-corrected chi connectivity index (χ3v) is 3.38. The minimum atomic E-state index is 0.356. The van der Waals surface area contributed by atoms with Crippen molar-refractivity contribution in [3.63, 3.8) is 0 Å². The second kappa shape index (κ2) is 5.35. The highest BCUT2D eigenvalue weighted by Crippen LogP contribution is 2.22. The van der Waals surface area contributed by atoms with Gasteiger partial charge in [-0.25, -0.2) is 0 Å². The molecule has 1 aromatic rings. The number of hydrogen-bond donors (Lipinski definition) is 1. The van der Waals surface area contributed by atoms with Crippen molar-refractivity contribution in [2.75, 3.05) is 13.1 Å². The van der Waals surface area contributed by atoms with Crippen molar-refractivity contribution in [2.24, 2.45) is 0 Å². The fraction of sp³-hybridized carbons (Fsp3) is 0.571. The Labute approximate surface area is 98.0 Å². The van der Waals surface area contributed by atoms with Crippen molar-refractivity contribution >= 4 is 0 Å². The molecule has 1 aromatic carbocycles. The summed E-state index contributed by atoms with van der Waals surface area (Å²) in [6.45, 7) is 6.54. The lowest BCUT2D eigenvalue weighted by Crippen LogP contribution is -2.19. The summed E-state index contributed by atoms with van der Waals surface area (Å²) in [4.78, 5) is 0. The fourth-order valence-corrected chi connectivity index (χ4v) is 2.03. The van der Waals surface area contributed by atoms with Gasteiger partial charge in [-0.05, 0) is 43.0 Å². The number of rotatable bonds is 4. The molecule has 0 amide bonds. The second-order valence-electron chi connectivity index (χ2n) is 4.61. The van der Waals surface area contributed by atoms with Gasteiger partial charge in [-0.15, -0.1) is 0 Å². The molecule has 16 heavy (non-hydrogen) atoms. The smallest absolute Gasteiger partial charge is 0.119 e. The molecule has 0 saturated carbocycles.